The van der Waals surface area contributed by atoms with Gasteiger partial charge in [-0.05, 0) is 43.1 Å². The lowest BCUT2D eigenvalue weighted by molar-refractivity contribution is 0.151. The van der Waals surface area contributed by atoms with E-state index in [9.17, 15) is 8.78 Å². The molecule has 18 heavy (non-hydrogen) atoms. The van der Waals surface area contributed by atoms with Crippen molar-refractivity contribution in [1.82, 2.24) is 0 Å². The fourth-order valence-electron chi connectivity index (χ4n) is 3.11. The lowest BCUT2D eigenvalue weighted by Gasteiger charge is -2.28. The largest absolute Gasteiger partial charge is 0.263 e. The van der Waals surface area contributed by atoms with Gasteiger partial charge in [0.15, 0.2) is 0 Å². The summed E-state index contributed by atoms with van der Waals surface area (Å²) in [5.74, 6) is 1.48. The SMILES string of the molecule is CCC[C@H]1CC[C@H](c2ccc(C(F)F)cc2)CC1. The first kappa shape index (κ1) is 13.5. The summed E-state index contributed by atoms with van der Waals surface area (Å²) in [7, 11) is 0. The lowest BCUT2D eigenvalue weighted by Crippen LogP contribution is -2.13. The van der Waals surface area contributed by atoms with E-state index in [-0.39, 0.29) is 5.56 Å². The summed E-state index contributed by atoms with van der Waals surface area (Å²) < 4.78 is 25.0. The van der Waals surface area contributed by atoms with E-state index >= 15 is 0 Å². The van der Waals surface area contributed by atoms with Gasteiger partial charge in [0.25, 0.3) is 6.43 Å². The molecule has 0 nitrogen and oxygen atoms in total. The Balaban J connectivity index is 1.93. The number of halogens is 2. The molecule has 1 saturated carbocycles. The molecule has 1 aromatic rings. The Kier molecular flexibility index (Phi) is 4.73. The summed E-state index contributed by atoms with van der Waals surface area (Å²) in [5, 5.41) is 0. The van der Waals surface area contributed by atoms with E-state index in [0.29, 0.717) is 5.92 Å². The van der Waals surface area contributed by atoms with Gasteiger partial charge in [-0.15, -0.1) is 0 Å². The van der Waals surface area contributed by atoms with E-state index in [1.807, 2.05) is 12.1 Å². The van der Waals surface area contributed by atoms with Crippen LogP contribution in [0.1, 0.15) is 68.9 Å². The molecule has 2 heteroatoms. The fourth-order valence-corrected chi connectivity index (χ4v) is 3.11. The molecule has 0 aliphatic heterocycles. The van der Waals surface area contributed by atoms with Crippen LogP contribution in [0.4, 0.5) is 8.78 Å². The quantitative estimate of drug-likeness (QED) is 0.645. The van der Waals surface area contributed by atoms with Crippen molar-refractivity contribution in [2.75, 3.05) is 0 Å². The van der Waals surface area contributed by atoms with Crippen LogP contribution in [0.5, 0.6) is 0 Å². The van der Waals surface area contributed by atoms with Crippen LogP contribution >= 0.6 is 0 Å². The second-order valence-electron chi connectivity index (χ2n) is 5.47. The van der Waals surface area contributed by atoms with Crippen LogP contribution in [0.25, 0.3) is 0 Å². The van der Waals surface area contributed by atoms with Crippen LogP contribution in [0, 0.1) is 5.92 Å². The smallest absolute Gasteiger partial charge is 0.205 e. The van der Waals surface area contributed by atoms with Crippen molar-refractivity contribution in [1.29, 1.82) is 0 Å². The highest BCUT2D eigenvalue weighted by Crippen LogP contribution is 2.37. The van der Waals surface area contributed by atoms with Crippen LogP contribution in [-0.2, 0) is 0 Å². The predicted octanol–water partition coefficient (Wildman–Crippen LogP) is 5.70. The van der Waals surface area contributed by atoms with Crippen molar-refractivity contribution in [3.63, 3.8) is 0 Å². The van der Waals surface area contributed by atoms with E-state index in [1.165, 1.54) is 44.1 Å². The fraction of sp³-hybridized carbons (Fsp3) is 0.625. The van der Waals surface area contributed by atoms with Gasteiger partial charge < -0.3 is 0 Å². The van der Waals surface area contributed by atoms with Gasteiger partial charge in [0.2, 0.25) is 0 Å². The Morgan fingerprint density at radius 1 is 1.06 bits per heavy atom. The molecule has 1 aliphatic carbocycles. The summed E-state index contributed by atoms with van der Waals surface area (Å²) in [6, 6.07) is 6.95. The zero-order chi connectivity index (χ0) is 13.0. The van der Waals surface area contributed by atoms with Gasteiger partial charge in [0, 0.05) is 5.56 Å². The van der Waals surface area contributed by atoms with Crippen LogP contribution in [0.3, 0.4) is 0 Å². The van der Waals surface area contributed by atoms with Gasteiger partial charge in [-0.2, -0.15) is 0 Å². The number of hydrogen-bond donors (Lipinski definition) is 0. The Morgan fingerprint density at radius 2 is 1.67 bits per heavy atom. The molecular weight excluding hydrogens is 230 g/mol. The third kappa shape index (κ3) is 3.30. The third-order valence-corrected chi connectivity index (χ3v) is 4.20. The minimum atomic E-state index is -2.35. The third-order valence-electron chi connectivity index (χ3n) is 4.20. The first-order valence-corrected chi connectivity index (χ1v) is 7.08. The highest BCUT2D eigenvalue weighted by Gasteiger charge is 2.21. The molecule has 0 heterocycles. The summed E-state index contributed by atoms with van der Waals surface area (Å²) in [5.41, 5.74) is 1.38. The lowest BCUT2D eigenvalue weighted by atomic mass is 9.77. The average molecular weight is 252 g/mol. The zero-order valence-corrected chi connectivity index (χ0v) is 11.0. The molecule has 0 spiro atoms. The molecule has 1 fully saturated rings. The molecule has 1 aliphatic rings. The van der Waals surface area contributed by atoms with Crippen LogP contribution in [-0.4, -0.2) is 0 Å². The van der Waals surface area contributed by atoms with E-state index < -0.39 is 6.43 Å². The van der Waals surface area contributed by atoms with Crippen LogP contribution in [0.2, 0.25) is 0 Å². The second kappa shape index (κ2) is 6.31. The first-order valence-electron chi connectivity index (χ1n) is 7.08. The normalized spacial score (nSPS) is 24.4. The maximum atomic E-state index is 12.5. The average Bonchev–Trinajstić information content (AvgIpc) is 2.40. The first-order chi connectivity index (χ1) is 8.70. The molecule has 100 valence electrons. The molecule has 0 N–H and O–H groups in total. The highest BCUT2D eigenvalue weighted by molar-refractivity contribution is 5.26. The molecular formula is C16H22F2. The number of hydrogen-bond acceptors (Lipinski definition) is 0. The topological polar surface area (TPSA) is 0 Å². The Hall–Kier alpha value is -0.920. The highest BCUT2D eigenvalue weighted by atomic mass is 19.3. The molecule has 0 amide bonds. The van der Waals surface area contributed by atoms with Crippen molar-refractivity contribution in [2.24, 2.45) is 5.92 Å². The summed E-state index contributed by atoms with van der Waals surface area (Å²) >= 11 is 0. The van der Waals surface area contributed by atoms with Gasteiger partial charge in [-0.1, -0.05) is 44.0 Å². The van der Waals surface area contributed by atoms with E-state index in [0.717, 1.165) is 5.92 Å². The molecule has 0 radical (unpaired) electrons. The maximum absolute atomic E-state index is 12.5. The molecule has 2 rings (SSSR count). The van der Waals surface area contributed by atoms with E-state index in [2.05, 4.69) is 6.92 Å². The molecule has 0 unspecified atom stereocenters. The standard InChI is InChI=1S/C16H22F2/c1-2-3-12-4-6-13(7-5-12)14-8-10-15(11-9-14)16(17)18/h8-13,16H,2-7H2,1H3/t12-,13-. The van der Waals surface area contributed by atoms with Crippen LogP contribution < -0.4 is 0 Å². The van der Waals surface area contributed by atoms with Gasteiger partial charge >= 0.3 is 0 Å². The second-order valence-corrected chi connectivity index (χ2v) is 5.47. The Morgan fingerprint density at radius 3 is 2.17 bits per heavy atom. The zero-order valence-electron chi connectivity index (χ0n) is 11.0. The molecule has 0 bridgehead atoms. The van der Waals surface area contributed by atoms with Crippen LogP contribution in [0.15, 0.2) is 24.3 Å². The monoisotopic (exact) mass is 252 g/mol. The molecule has 0 aromatic heterocycles. The number of alkyl halides is 2. The van der Waals surface area contributed by atoms with Crippen molar-refractivity contribution in [3.8, 4) is 0 Å². The van der Waals surface area contributed by atoms with Crippen molar-refractivity contribution in [2.45, 2.75) is 57.8 Å². The van der Waals surface area contributed by atoms with Gasteiger partial charge in [-0.25, -0.2) is 8.78 Å². The number of benzene rings is 1. The summed E-state index contributed by atoms with van der Waals surface area (Å²) in [6.45, 7) is 2.25. The van der Waals surface area contributed by atoms with Gasteiger partial charge in [0.1, 0.15) is 0 Å². The van der Waals surface area contributed by atoms with Crippen molar-refractivity contribution < 1.29 is 8.78 Å². The molecule has 0 atom stereocenters. The minimum Gasteiger partial charge on any atom is -0.205 e. The molecule has 1 aromatic carbocycles. The summed E-state index contributed by atoms with van der Waals surface area (Å²) in [6.07, 6.45) is 5.32. The Labute approximate surface area is 108 Å². The van der Waals surface area contributed by atoms with E-state index in [1.54, 1.807) is 12.1 Å². The van der Waals surface area contributed by atoms with Gasteiger partial charge in [-0.3, -0.25) is 0 Å². The number of rotatable bonds is 4. The van der Waals surface area contributed by atoms with Crippen molar-refractivity contribution >= 4 is 0 Å². The Bertz CT molecular complexity index is 348. The molecule has 0 saturated heterocycles. The maximum Gasteiger partial charge on any atom is 0.263 e. The minimum absolute atomic E-state index is 0.137. The van der Waals surface area contributed by atoms with E-state index in [4.69, 9.17) is 0 Å². The van der Waals surface area contributed by atoms with Crippen molar-refractivity contribution in [3.05, 3.63) is 35.4 Å². The predicted molar refractivity (Wildman–Crippen MR) is 71.0 cm³/mol. The summed E-state index contributed by atoms with van der Waals surface area (Å²) in [4.78, 5) is 0. The van der Waals surface area contributed by atoms with Gasteiger partial charge in [0.05, 0.1) is 0 Å².